The number of hydrogen-bond donors (Lipinski definition) is 0. The molecule has 0 saturated heterocycles. The normalized spacial score (nSPS) is 13.1. The topological polar surface area (TPSA) is 78.9 Å². The smallest absolute Gasteiger partial charge is 0.306 e. The van der Waals surface area contributed by atoms with Gasteiger partial charge in [-0.2, -0.15) is 0 Å². The van der Waals surface area contributed by atoms with Gasteiger partial charge in [0.05, 0.1) is 0 Å². The van der Waals surface area contributed by atoms with E-state index in [-0.39, 0.29) is 37.5 Å². The molecule has 0 saturated carbocycles. The van der Waals surface area contributed by atoms with Gasteiger partial charge in [-0.05, 0) is 141 Å². The van der Waals surface area contributed by atoms with Gasteiger partial charge in [0.2, 0.25) is 0 Å². The molecule has 6 nitrogen and oxygen atoms in total. The predicted octanol–water partition coefficient (Wildman–Crippen LogP) is 23.1. The third kappa shape index (κ3) is 66.0. The third-order valence-corrected chi connectivity index (χ3v) is 13.8. The molecule has 81 heavy (non-hydrogen) atoms. The summed E-state index contributed by atoms with van der Waals surface area (Å²) in [6, 6.07) is 0. The molecule has 0 radical (unpaired) electrons. The van der Waals surface area contributed by atoms with Gasteiger partial charge in [0.1, 0.15) is 13.2 Å². The van der Waals surface area contributed by atoms with Crippen molar-refractivity contribution in [3.05, 3.63) is 146 Å². The van der Waals surface area contributed by atoms with E-state index >= 15 is 0 Å². The first-order valence-electron chi connectivity index (χ1n) is 33.3. The number of carbonyl (C=O) groups is 3. The molecular weight excluding hydrogens is 997 g/mol. The largest absolute Gasteiger partial charge is 0.462 e. The van der Waals surface area contributed by atoms with Crippen LogP contribution in [0.4, 0.5) is 0 Å². The monoisotopic (exact) mass is 1120 g/mol. The number of esters is 3. The van der Waals surface area contributed by atoms with E-state index in [1.807, 2.05) is 0 Å². The fourth-order valence-electron chi connectivity index (χ4n) is 8.88. The van der Waals surface area contributed by atoms with Gasteiger partial charge in [-0.3, -0.25) is 14.4 Å². The van der Waals surface area contributed by atoms with Gasteiger partial charge >= 0.3 is 17.9 Å². The van der Waals surface area contributed by atoms with Gasteiger partial charge in [0, 0.05) is 19.3 Å². The van der Waals surface area contributed by atoms with Crippen molar-refractivity contribution in [2.24, 2.45) is 0 Å². The van der Waals surface area contributed by atoms with Crippen molar-refractivity contribution in [3.63, 3.8) is 0 Å². The first-order valence-corrected chi connectivity index (χ1v) is 33.3. The van der Waals surface area contributed by atoms with Crippen LogP contribution in [0.15, 0.2) is 146 Å². The van der Waals surface area contributed by atoms with E-state index in [9.17, 15) is 14.4 Å². The fraction of sp³-hybridized carbons (Fsp3) is 0.640. The van der Waals surface area contributed by atoms with Crippen molar-refractivity contribution in [2.45, 2.75) is 297 Å². The number of hydrogen-bond acceptors (Lipinski definition) is 6. The Morgan fingerprint density at radius 1 is 0.259 bits per heavy atom. The minimum Gasteiger partial charge on any atom is -0.462 e. The molecular formula is C75H122O6. The molecule has 0 aromatic rings. The molecule has 0 aromatic carbocycles. The van der Waals surface area contributed by atoms with Gasteiger partial charge in [0.25, 0.3) is 0 Å². The summed E-state index contributed by atoms with van der Waals surface area (Å²) < 4.78 is 16.9. The Kier molecular flexibility index (Phi) is 63.9. The predicted molar refractivity (Wildman–Crippen MR) is 352 cm³/mol. The second-order valence-electron chi connectivity index (χ2n) is 21.6. The Morgan fingerprint density at radius 3 is 0.778 bits per heavy atom. The highest BCUT2D eigenvalue weighted by Crippen LogP contribution is 2.15. The molecule has 458 valence electrons. The molecule has 0 N–H and O–H groups in total. The quantitative estimate of drug-likeness (QED) is 0.0261. The van der Waals surface area contributed by atoms with Crippen LogP contribution in [-0.2, 0) is 28.6 Å². The molecule has 0 bridgehead atoms. The van der Waals surface area contributed by atoms with Crippen LogP contribution < -0.4 is 0 Å². The lowest BCUT2D eigenvalue weighted by Crippen LogP contribution is -2.30. The van der Waals surface area contributed by atoms with E-state index < -0.39 is 6.10 Å². The fourth-order valence-corrected chi connectivity index (χ4v) is 8.88. The summed E-state index contributed by atoms with van der Waals surface area (Å²) in [4.78, 5) is 38.4. The summed E-state index contributed by atoms with van der Waals surface area (Å²) in [5.74, 6) is -0.976. The highest BCUT2D eigenvalue weighted by molar-refractivity contribution is 5.71. The Bertz CT molecular complexity index is 1760. The van der Waals surface area contributed by atoms with Crippen LogP contribution in [-0.4, -0.2) is 37.2 Å². The number of ether oxygens (including phenoxy) is 3. The van der Waals surface area contributed by atoms with Crippen molar-refractivity contribution >= 4 is 17.9 Å². The molecule has 1 unspecified atom stereocenters. The Hall–Kier alpha value is -4.71. The maximum atomic E-state index is 12.9. The van der Waals surface area contributed by atoms with E-state index in [0.29, 0.717) is 19.3 Å². The minimum absolute atomic E-state index is 0.109. The van der Waals surface area contributed by atoms with Gasteiger partial charge in [-0.15, -0.1) is 0 Å². The number of carbonyl (C=O) groups excluding carboxylic acids is 3. The van der Waals surface area contributed by atoms with Crippen molar-refractivity contribution in [1.82, 2.24) is 0 Å². The molecule has 0 aromatic heterocycles. The van der Waals surface area contributed by atoms with Crippen molar-refractivity contribution in [3.8, 4) is 0 Å². The van der Waals surface area contributed by atoms with Crippen LogP contribution in [0.25, 0.3) is 0 Å². The number of unbranched alkanes of at least 4 members (excludes halogenated alkanes) is 24. The van der Waals surface area contributed by atoms with E-state index in [1.54, 1.807) is 0 Å². The van der Waals surface area contributed by atoms with Gasteiger partial charge in [-0.25, -0.2) is 0 Å². The lowest BCUT2D eigenvalue weighted by atomic mass is 10.0. The van der Waals surface area contributed by atoms with Crippen LogP contribution >= 0.6 is 0 Å². The molecule has 0 amide bonds. The van der Waals surface area contributed by atoms with Crippen LogP contribution in [0.2, 0.25) is 0 Å². The second-order valence-corrected chi connectivity index (χ2v) is 21.6. The van der Waals surface area contributed by atoms with E-state index in [2.05, 4.69) is 167 Å². The third-order valence-electron chi connectivity index (χ3n) is 13.8. The van der Waals surface area contributed by atoms with Crippen LogP contribution in [0.1, 0.15) is 290 Å². The van der Waals surface area contributed by atoms with Gasteiger partial charge in [0.15, 0.2) is 6.10 Å². The van der Waals surface area contributed by atoms with Crippen molar-refractivity contribution in [2.75, 3.05) is 13.2 Å². The molecule has 0 heterocycles. The maximum Gasteiger partial charge on any atom is 0.306 e. The second kappa shape index (κ2) is 67.8. The molecule has 1 atom stereocenters. The lowest BCUT2D eigenvalue weighted by molar-refractivity contribution is -0.167. The summed E-state index contributed by atoms with van der Waals surface area (Å²) in [6.45, 7) is 6.36. The average Bonchev–Trinajstić information content (AvgIpc) is 3.47. The minimum atomic E-state index is -0.820. The first kappa shape index (κ1) is 76.3. The highest BCUT2D eigenvalue weighted by Gasteiger charge is 2.19. The Morgan fingerprint density at radius 2 is 0.481 bits per heavy atom. The number of rotatable bonds is 59. The summed E-state index contributed by atoms with van der Waals surface area (Å²) in [5, 5.41) is 0. The van der Waals surface area contributed by atoms with Crippen molar-refractivity contribution in [1.29, 1.82) is 0 Å². The Labute approximate surface area is 499 Å². The average molecular weight is 1120 g/mol. The molecule has 0 aliphatic heterocycles. The standard InChI is InChI=1S/C75H122O6/c1-4-7-10-13-16-19-22-25-28-31-33-35-36-37-38-40-41-44-47-50-53-56-59-62-65-68-74(77)80-71-72(70-79-73(76)67-64-61-58-55-52-49-46-43-30-27-24-21-18-15-12-9-6-3)81-75(78)69-66-63-60-57-54-51-48-45-42-39-34-32-29-26-23-20-17-14-11-8-5-2/h8-9,11-12,17-18,20-22,25-27,29-31,33-34,39,45-46,48-49,54,57,72H,4-7,10,13-16,19,23-24,28,32,35-38,40-44,47,50-53,55-56,58-71H2,1-3H3/b11-8-,12-9-,20-17-,21-18-,25-22-,29-26-,30-27-,33-31-,39-34-,48-45-,49-46-,57-54-. The van der Waals surface area contributed by atoms with Gasteiger partial charge in [-0.1, -0.05) is 276 Å². The zero-order chi connectivity index (χ0) is 58.5. The molecule has 0 rings (SSSR count). The summed E-state index contributed by atoms with van der Waals surface area (Å²) in [5.41, 5.74) is 0. The lowest BCUT2D eigenvalue weighted by Gasteiger charge is -2.18. The van der Waals surface area contributed by atoms with E-state index in [4.69, 9.17) is 14.2 Å². The molecule has 0 fully saturated rings. The summed E-state index contributed by atoms with van der Waals surface area (Å²) in [7, 11) is 0. The van der Waals surface area contributed by atoms with Crippen LogP contribution in [0.5, 0.6) is 0 Å². The molecule has 0 spiro atoms. The van der Waals surface area contributed by atoms with Crippen LogP contribution in [0, 0.1) is 0 Å². The van der Waals surface area contributed by atoms with Crippen molar-refractivity contribution < 1.29 is 28.6 Å². The maximum absolute atomic E-state index is 12.9. The molecule has 0 aliphatic carbocycles. The molecule has 0 aliphatic rings. The van der Waals surface area contributed by atoms with E-state index in [0.717, 1.165) is 135 Å². The first-order chi connectivity index (χ1) is 40.0. The molecule has 6 heteroatoms. The SMILES string of the molecule is CC/C=C\C/C=C\C/C=C\C/C=C\C/C=C\C/C=C\CCCCC(=O)OC(COC(=O)CCCCCC/C=C\C/C=C\C/C=C\C/C=C\CC)COC(=O)CCCCCCCCCCCCCCC/C=C\C/C=C\CCCCCCC. The van der Waals surface area contributed by atoms with Crippen LogP contribution in [0.3, 0.4) is 0 Å². The summed E-state index contributed by atoms with van der Waals surface area (Å²) >= 11 is 0. The number of allylic oxidation sites excluding steroid dienone is 24. The highest BCUT2D eigenvalue weighted by atomic mass is 16.6. The Balaban J connectivity index is 4.47. The summed E-state index contributed by atoms with van der Waals surface area (Å²) in [6.07, 6.45) is 97.2. The van der Waals surface area contributed by atoms with E-state index in [1.165, 1.54) is 109 Å². The zero-order valence-corrected chi connectivity index (χ0v) is 52.5. The van der Waals surface area contributed by atoms with Gasteiger partial charge < -0.3 is 14.2 Å². The zero-order valence-electron chi connectivity index (χ0n) is 52.5.